The third-order valence-electron chi connectivity index (χ3n) is 2.31. The van der Waals surface area contributed by atoms with E-state index >= 15 is 0 Å². The largest absolute Gasteiger partial charge is 0.335 e. The highest BCUT2D eigenvalue weighted by molar-refractivity contribution is 5.79. The first-order valence-electron chi connectivity index (χ1n) is 6.38. The van der Waals surface area contributed by atoms with Crippen molar-refractivity contribution in [2.24, 2.45) is 5.16 Å². The molecule has 0 aliphatic heterocycles. The van der Waals surface area contributed by atoms with Gasteiger partial charge in [0, 0.05) is 6.42 Å². The van der Waals surface area contributed by atoms with Crippen LogP contribution in [0.1, 0.15) is 72.1 Å². The number of unbranched alkanes of at least 4 members (excludes halogenated alkanes) is 6. The van der Waals surface area contributed by atoms with Gasteiger partial charge in [-0.15, -0.1) is 0 Å². The average molecular weight is 227 g/mol. The van der Waals surface area contributed by atoms with Crippen LogP contribution in [0.5, 0.6) is 0 Å². The molecule has 16 heavy (non-hydrogen) atoms. The fourth-order valence-corrected chi connectivity index (χ4v) is 1.41. The molecule has 0 saturated carbocycles. The number of nitrogens with zero attached hydrogens (tertiary/aromatic N) is 1. The zero-order chi connectivity index (χ0) is 12.2. The van der Waals surface area contributed by atoms with E-state index in [0.29, 0.717) is 6.42 Å². The Morgan fingerprint density at radius 2 is 1.56 bits per heavy atom. The average Bonchev–Trinajstić information content (AvgIpc) is 2.25. The second-order valence-corrected chi connectivity index (χ2v) is 4.37. The summed E-state index contributed by atoms with van der Waals surface area (Å²) >= 11 is 0. The Bertz CT molecular complexity index is 208. The van der Waals surface area contributed by atoms with Crippen LogP contribution in [0, 0.1) is 0 Å². The minimum absolute atomic E-state index is 0.213. The number of carbonyl (C=O) groups excluding carboxylic acids is 1. The zero-order valence-electron chi connectivity index (χ0n) is 10.9. The third-order valence-corrected chi connectivity index (χ3v) is 2.31. The smallest absolute Gasteiger partial charge is 0.318 e. The summed E-state index contributed by atoms with van der Waals surface area (Å²) in [6.45, 7) is 5.83. The lowest BCUT2D eigenvalue weighted by Gasteiger charge is -2.00. The van der Waals surface area contributed by atoms with Crippen LogP contribution in [0.2, 0.25) is 0 Å². The Balaban J connectivity index is 3.25. The summed E-state index contributed by atoms with van der Waals surface area (Å²) in [5.74, 6) is -0.213. The summed E-state index contributed by atoms with van der Waals surface area (Å²) in [5, 5.41) is 3.63. The molecule has 0 saturated heterocycles. The van der Waals surface area contributed by atoms with E-state index in [4.69, 9.17) is 4.84 Å². The van der Waals surface area contributed by atoms with Crippen molar-refractivity contribution < 1.29 is 9.63 Å². The number of hydrogen-bond donors (Lipinski definition) is 0. The topological polar surface area (TPSA) is 38.7 Å². The molecule has 0 spiro atoms. The van der Waals surface area contributed by atoms with Gasteiger partial charge < -0.3 is 4.84 Å². The van der Waals surface area contributed by atoms with E-state index in [-0.39, 0.29) is 5.97 Å². The van der Waals surface area contributed by atoms with Crippen LogP contribution in [0.15, 0.2) is 5.16 Å². The van der Waals surface area contributed by atoms with Crippen LogP contribution in [0.4, 0.5) is 0 Å². The fourth-order valence-electron chi connectivity index (χ4n) is 1.41. The van der Waals surface area contributed by atoms with E-state index < -0.39 is 0 Å². The van der Waals surface area contributed by atoms with Crippen LogP contribution >= 0.6 is 0 Å². The zero-order valence-corrected chi connectivity index (χ0v) is 10.9. The van der Waals surface area contributed by atoms with E-state index in [1.54, 1.807) is 13.8 Å². The quantitative estimate of drug-likeness (QED) is 0.258. The summed E-state index contributed by atoms with van der Waals surface area (Å²) < 4.78 is 0. The van der Waals surface area contributed by atoms with Crippen molar-refractivity contribution in [3.8, 4) is 0 Å². The molecule has 0 radical (unpaired) electrons. The third kappa shape index (κ3) is 11.2. The number of rotatable bonds is 9. The van der Waals surface area contributed by atoms with Gasteiger partial charge in [0.1, 0.15) is 0 Å². The fraction of sp³-hybridized carbons (Fsp3) is 0.846. The summed E-state index contributed by atoms with van der Waals surface area (Å²) in [5.41, 5.74) is 0.771. The lowest BCUT2D eigenvalue weighted by atomic mass is 10.1. The number of oxime groups is 1. The van der Waals surface area contributed by atoms with Gasteiger partial charge in [0.25, 0.3) is 0 Å². The molecule has 0 aromatic rings. The van der Waals surface area contributed by atoms with Crippen molar-refractivity contribution in [1.29, 1.82) is 0 Å². The SMILES string of the molecule is CCCCCCCCCC(=O)ON=C(C)C. The second kappa shape index (κ2) is 10.7. The molecule has 0 amide bonds. The molecule has 0 aliphatic carbocycles. The van der Waals surface area contributed by atoms with Crippen molar-refractivity contribution in [2.45, 2.75) is 72.1 Å². The standard InChI is InChI=1S/C13H25NO2/c1-4-5-6-7-8-9-10-11-13(15)16-14-12(2)3/h4-11H2,1-3H3. The van der Waals surface area contributed by atoms with Crippen LogP contribution in [-0.4, -0.2) is 11.7 Å². The Morgan fingerprint density at radius 1 is 1.00 bits per heavy atom. The first-order valence-corrected chi connectivity index (χ1v) is 6.38. The minimum atomic E-state index is -0.213. The Labute approximate surface area is 99.2 Å². The normalized spacial score (nSPS) is 9.94. The van der Waals surface area contributed by atoms with Gasteiger partial charge >= 0.3 is 5.97 Å². The monoisotopic (exact) mass is 227 g/mol. The molecule has 0 aromatic carbocycles. The summed E-state index contributed by atoms with van der Waals surface area (Å²) in [6.07, 6.45) is 8.97. The van der Waals surface area contributed by atoms with Gasteiger partial charge in [0.15, 0.2) is 0 Å². The van der Waals surface area contributed by atoms with Crippen LogP contribution in [-0.2, 0) is 9.63 Å². The molecular weight excluding hydrogens is 202 g/mol. The molecule has 0 aliphatic rings. The van der Waals surface area contributed by atoms with Crippen LogP contribution < -0.4 is 0 Å². The number of hydrogen-bond acceptors (Lipinski definition) is 3. The van der Waals surface area contributed by atoms with Crippen LogP contribution in [0.3, 0.4) is 0 Å². The molecular formula is C13H25NO2. The predicted molar refractivity (Wildman–Crippen MR) is 67.5 cm³/mol. The van der Waals surface area contributed by atoms with Crippen LogP contribution in [0.25, 0.3) is 0 Å². The second-order valence-electron chi connectivity index (χ2n) is 4.37. The van der Waals surface area contributed by atoms with Gasteiger partial charge in [-0.05, 0) is 20.3 Å². The molecule has 94 valence electrons. The van der Waals surface area contributed by atoms with Gasteiger partial charge in [0.05, 0.1) is 5.71 Å². The summed E-state index contributed by atoms with van der Waals surface area (Å²) in [4.78, 5) is 15.9. The van der Waals surface area contributed by atoms with Gasteiger partial charge in [0.2, 0.25) is 0 Å². The molecule has 0 atom stereocenters. The van der Waals surface area contributed by atoms with Crippen molar-refractivity contribution in [2.75, 3.05) is 0 Å². The molecule has 0 heterocycles. The van der Waals surface area contributed by atoms with Crippen molar-refractivity contribution in [3.63, 3.8) is 0 Å². The maximum atomic E-state index is 11.2. The molecule has 0 N–H and O–H groups in total. The van der Waals surface area contributed by atoms with Gasteiger partial charge in [-0.1, -0.05) is 50.6 Å². The lowest BCUT2D eigenvalue weighted by molar-refractivity contribution is -0.143. The first kappa shape index (κ1) is 15.1. The molecule has 0 rings (SSSR count). The molecule has 0 fully saturated rings. The van der Waals surface area contributed by atoms with Crippen molar-refractivity contribution >= 4 is 11.7 Å². The molecule has 0 aromatic heterocycles. The van der Waals surface area contributed by atoms with Gasteiger partial charge in [-0.2, -0.15) is 0 Å². The van der Waals surface area contributed by atoms with Gasteiger partial charge in [-0.3, -0.25) is 0 Å². The highest BCUT2D eigenvalue weighted by atomic mass is 16.7. The highest BCUT2D eigenvalue weighted by Crippen LogP contribution is 2.08. The Morgan fingerprint density at radius 3 is 2.12 bits per heavy atom. The highest BCUT2D eigenvalue weighted by Gasteiger charge is 2.01. The van der Waals surface area contributed by atoms with E-state index in [0.717, 1.165) is 18.6 Å². The minimum Gasteiger partial charge on any atom is -0.318 e. The number of carbonyl (C=O) groups is 1. The molecule has 3 nitrogen and oxygen atoms in total. The summed E-state index contributed by atoms with van der Waals surface area (Å²) in [6, 6.07) is 0. The van der Waals surface area contributed by atoms with E-state index in [1.807, 2.05) is 0 Å². The first-order chi connectivity index (χ1) is 7.66. The van der Waals surface area contributed by atoms with E-state index in [1.165, 1.54) is 32.1 Å². The van der Waals surface area contributed by atoms with E-state index in [9.17, 15) is 4.79 Å². The molecule has 0 bridgehead atoms. The van der Waals surface area contributed by atoms with Crippen molar-refractivity contribution in [3.05, 3.63) is 0 Å². The van der Waals surface area contributed by atoms with E-state index in [2.05, 4.69) is 12.1 Å². The lowest BCUT2D eigenvalue weighted by Crippen LogP contribution is -2.00. The Hall–Kier alpha value is -0.860. The molecule has 3 heteroatoms. The van der Waals surface area contributed by atoms with Crippen molar-refractivity contribution in [1.82, 2.24) is 0 Å². The maximum absolute atomic E-state index is 11.2. The Kier molecular flexibility index (Phi) is 10.1. The molecule has 0 unspecified atom stereocenters. The maximum Gasteiger partial charge on any atom is 0.335 e. The predicted octanol–water partition coefficient (Wildman–Crippen LogP) is 4.07. The summed E-state index contributed by atoms with van der Waals surface area (Å²) in [7, 11) is 0. The van der Waals surface area contributed by atoms with Gasteiger partial charge in [-0.25, -0.2) is 4.79 Å².